The minimum absolute atomic E-state index is 0.189. The van der Waals surface area contributed by atoms with Gasteiger partial charge in [0.25, 0.3) is 0 Å². The van der Waals surface area contributed by atoms with Gasteiger partial charge in [0.1, 0.15) is 12.4 Å². The second kappa shape index (κ2) is 7.88. The third-order valence-electron chi connectivity index (χ3n) is 2.70. The highest BCUT2D eigenvalue weighted by molar-refractivity contribution is 9.10. The van der Waals surface area contributed by atoms with Crippen LogP contribution in [0, 0.1) is 0 Å². The average Bonchev–Trinajstić information content (AvgIpc) is 2.30. The molecule has 1 aromatic rings. The molecular formula is C15H25BrN2O. The van der Waals surface area contributed by atoms with Crippen LogP contribution >= 0.6 is 15.9 Å². The van der Waals surface area contributed by atoms with Crippen molar-refractivity contribution in [2.45, 2.75) is 26.3 Å². The van der Waals surface area contributed by atoms with Gasteiger partial charge in [-0.3, -0.25) is 0 Å². The summed E-state index contributed by atoms with van der Waals surface area (Å²) >= 11 is 3.41. The molecule has 0 amide bonds. The highest BCUT2D eigenvalue weighted by Gasteiger charge is 2.08. The quantitative estimate of drug-likeness (QED) is 0.832. The molecule has 1 N–H and O–H groups in total. The first-order valence-corrected chi connectivity index (χ1v) is 7.48. The molecule has 0 aliphatic rings. The van der Waals surface area contributed by atoms with E-state index in [1.54, 1.807) is 0 Å². The number of hydrogen-bond acceptors (Lipinski definition) is 3. The van der Waals surface area contributed by atoms with Gasteiger partial charge in [0.15, 0.2) is 0 Å². The fourth-order valence-electron chi connectivity index (χ4n) is 1.58. The topological polar surface area (TPSA) is 24.5 Å². The summed E-state index contributed by atoms with van der Waals surface area (Å²) in [4.78, 5) is 2.28. The lowest BCUT2D eigenvalue weighted by atomic mass is 10.1. The molecule has 0 spiro atoms. The van der Waals surface area contributed by atoms with Crippen LogP contribution in [-0.2, 0) is 0 Å². The molecule has 4 heteroatoms. The third-order valence-corrected chi connectivity index (χ3v) is 3.23. The predicted molar refractivity (Wildman–Crippen MR) is 84.9 cm³/mol. The molecule has 0 atom stereocenters. The monoisotopic (exact) mass is 328 g/mol. The number of ether oxygens (including phenoxy) is 1. The van der Waals surface area contributed by atoms with E-state index in [1.165, 1.54) is 0 Å². The maximum atomic E-state index is 5.70. The number of likely N-dealkylation sites (N-methyl/N-ethyl adjacent to an activating group) is 1. The molecule has 1 aromatic carbocycles. The van der Waals surface area contributed by atoms with E-state index in [1.807, 2.05) is 24.3 Å². The molecule has 108 valence electrons. The summed E-state index contributed by atoms with van der Waals surface area (Å²) < 4.78 is 6.77. The van der Waals surface area contributed by atoms with Gasteiger partial charge in [0.2, 0.25) is 0 Å². The van der Waals surface area contributed by atoms with Crippen molar-refractivity contribution >= 4 is 15.9 Å². The largest absolute Gasteiger partial charge is 0.492 e. The normalized spacial score (nSPS) is 11.9. The van der Waals surface area contributed by atoms with Crippen LogP contribution in [0.3, 0.4) is 0 Å². The molecule has 0 heterocycles. The van der Waals surface area contributed by atoms with Crippen molar-refractivity contribution in [1.29, 1.82) is 0 Å². The summed E-state index contributed by atoms with van der Waals surface area (Å²) in [7, 11) is 2.12. The Labute approximate surface area is 125 Å². The van der Waals surface area contributed by atoms with Crippen LogP contribution < -0.4 is 10.1 Å². The van der Waals surface area contributed by atoms with Gasteiger partial charge in [-0.2, -0.15) is 0 Å². The summed E-state index contributed by atoms with van der Waals surface area (Å²) in [6, 6.07) is 7.94. The molecule has 0 fully saturated rings. The molecule has 3 nitrogen and oxygen atoms in total. The van der Waals surface area contributed by atoms with Crippen LogP contribution in [0.25, 0.3) is 0 Å². The zero-order valence-corrected chi connectivity index (χ0v) is 14.0. The van der Waals surface area contributed by atoms with Crippen molar-refractivity contribution in [3.63, 3.8) is 0 Å². The molecule has 0 aliphatic carbocycles. The molecular weight excluding hydrogens is 304 g/mol. The van der Waals surface area contributed by atoms with Gasteiger partial charge in [-0.15, -0.1) is 0 Å². The molecule has 0 unspecified atom stereocenters. The minimum Gasteiger partial charge on any atom is -0.492 e. The zero-order chi connectivity index (χ0) is 14.3. The Bertz CT molecular complexity index is 359. The summed E-state index contributed by atoms with van der Waals surface area (Å²) in [6.45, 7) is 10.2. The van der Waals surface area contributed by atoms with Gasteiger partial charge in [0, 0.05) is 29.6 Å². The first kappa shape index (κ1) is 16.5. The molecule has 0 saturated heterocycles. The van der Waals surface area contributed by atoms with Crippen molar-refractivity contribution in [2.24, 2.45) is 0 Å². The molecule has 0 saturated carbocycles. The Kier molecular flexibility index (Phi) is 6.83. The van der Waals surface area contributed by atoms with E-state index in [2.05, 4.69) is 54.0 Å². The molecule has 0 aliphatic heterocycles. The lowest BCUT2D eigenvalue weighted by Crippen LogP contribution is -2.41. The van der Waals surface area contributed by atoms with E-state index < -0.39 is 0 Å². The van der Waals surface area contributed by atoms with Crippen molar-refractivity contribution < 1.29 is 4.74 Å². The Hall–Kier alpha value is -0.580. The van der Waals surface area contributed by atoms with E-state index in [0.717, 1.165) is 29.9 Å². The number of halogens is 1. The number of nitrogens with zero attached hydrogens (tertiary/aromatic N) is 1. The average molecular weight is 329 g/mol. The van der Waals surface area contributed by atoms with Crippen molar-refractivity contribution in [3.05, 3.63) is 28.7 Å². The minimum atomic E-state index is 0.189. The van der Waals surface area contributed by atoms with E-state index in [9.17, 15) is 0 Å². The van der Waals surface area contributed by atoms with Crippen molar-refractivity contribution in [2.75, 3.05) is 33.3 Å². The van der Waals surface area contributed by atoms with Crippen LogP contribution in [0.5, 0.6) is 5.75 Å². The zero-order valence-electron chi connectivity index (χ0n) is 12.4. The van der Waals surface area contributed by atoms with E-state index in [4.69, 9.17) is 4.74 Å². The smallest absolute Gasteiger partial charge is 0.119 e. The van der Waals surface area contributed by atoms with E-state index >= 15 is 0 Å². The van der Waals surface area contributed by atoms with Gasteiger partial charge in [-0.05, 0) is 52.1 Å². The van der Waals surface area contributed by atoms with Gasteiger partial charge in [-0.25, -0.2) is 0 Å². The molecule has 0 radical (unpaired) electrons. The van der Waals surface area contributed by atoms with Crippen LogP contribution in [-0.4, -0.2) is 43.7 Å². The molecule has 0 aromatic heterocycles. The molecule has 19 heavy (non-hydrogen) atoms. The first-order valence-electron chi connectivity index (χ1n) is 6.69. The number of benzene rings is 1. The maximum absolute atomic E-state index is 5.70. The number of nitrogens with one attached hydrogen (secondary N) is 1. The standard InChI is InChI=1S/C15H25BrN2O/c1-15(2,3)17-9-10-18(4)11-12-19-14-7-5-13(16)6-8-14/h5-8,17H,9-12H2,1-4H3. The number of rotatable bonds is 7. The van der Waals surface area contributed by atoms with Crippen LogP contribution in [0.15, 0.2) is 28.7 Å². The Morgan fingerprint density at radius 2 is 1.79 bits per heavy atom. The summed E-state index contributed by atoms with van der Waals surface area (Å²) in [5.41, 5.74) is 0.189. The second-order valence-corrected chi connectivity index (χ2v) is 6.70. The van der Waals surface area contributed by atoms with Gasteiger partial charge >= 0.3 is 0 Å². The maximum Gasteiger partial charge on any atom is 0.119 e. The predicted octanol–water partition coefficient (Wildman–Crippen LogP) is 3.15. The van der Waals surface area contributed by atoms with Crippen molar-refractivity contribution in [3.8, 4) is 5.75 Å². The Morgan fingerprint density at radius 1 is 1.16 bits per heavy atom. The van der Waals surface area contributed by atoms with Gasteiger partial charge in [-0.1, -0.05) is 15.9 Å². The summed E-state index contributed by atoms with van der Waals surface area (Å²) in [5.74, 6) is 0.921. The molecule has 1 rings (SSSR count). The SMILES string of the molecule is CN(CCNC(C)(C)C)CCOc1ccc(Br)cc1. The highest BCUT2D eigenvalue weighted by atomic mass is 79.9. The Balaban J connectivity index is 2.13. The van der Waals surface area contributed by atoms with Gasteiger partial charge < -0.3 is 15.0 Å². The third kappa shape index (κ3) is 8.24. The number of hydrogen-bond donors (Lipinski definition) is 1. The summed E-state index contributed by atoms with van der Waals surface area (Å²) in [6.07, 6.45) is 0. The fraction of sp³-hybridized carbons (Fsp3) is 0.600. The second-order valence-electron chi connectivity index (χ2n) is 5.78. The fourth-order valence-corrected chi connectivity index (χ4v) is 1.85. The van der Waals surface area contributed by atoms with Crippen LogP contribution in [0.4, 0.5) is 0 Å². The highest BCUT2D eigenvalue weighted by Crippen LogP contribution is 2.15. The van der Waals surface area contributed by atoms with Crippen LogP contribution in [0.1, 0.15) is 20.8 Å². The lowest BCUT2D eigenvalue weighted by Gasteiger charge is -2.23. The lowest BCUT2D eigenvalue weighted by molar-refractivity contribution is 0.233. The summed E-state index contributed by atoms with van der Waals surface area (Å²) in [5, 5.41) is 3.48. The van der Waals surface area contributed by atoms with E-state index in [0.29, 0.717) is 6.61 Å². The molecule has 0 bridgehead atoms. The van der Waals surface area contributed by atoms with Gasteiger partial charge in [0.05, 0.1) is 0 Å². The Morgan fingerprint density at radius 3 is 2.37 bits per heavy atom. The van der Waals surface area contributed by atoms with Crippen molar-refractivity contribution in [1.82, 2.24) is 10.2 Å². The van der Waals surface area contributed by atoms with E-state index in [-0.39, 0.29) is 5.54 Å². The van der Waals surface area contributed by atoms with Crippen LogP contribution in [0.2, 0.25) is 0 Å². The first-order chi connectivity index (χ1) is 8.87.